The first-order valence-corrected chi connectivity index (χ1v) is 15.5. The Labute approximate surface area is 269 Å². The molecule has 46 heavy (non-hydrogen) atoms. The van der Waals surface area contributed by atoms with Crippen molar-refractivity contribution in [3.8, 4) is 0 Å². The number of allylic oxidation sites excluding steroid dienone is 1. The van der Waals surface area contributed by atoms with E-state index < -0.39 is 48.4 Å². The minimum atomic E-state index is -4.62. The van der Waals surface area contributed by atoms with Crippen LogP contribution in [-0.4, -0.2) is 91.4 Å². The number of aliphatic hydroxyl groups excluding tert-OH is 1. The van der Waals surface area contributed by atoms with E-state index in [9.17, 15) is 18.3 Å². The highest BCUT2D eigenvalue weighted by atomic mass is 19.4. The largest absolute Gasteiger partial charge is 0.497 e. The van der Waals surface area contributed by atoms with Crippen molar-refractivity contribution in [2.24, 2.45) is 10.4 Å². The average molecular weight is 652 g/mol. The molecule has 1 aromatic heterocycles. The van der Waals surface area contributed by atoms with Crippen LogP contribution in [0.25, 0.3) is 17.0 Å². The van der Waals surface area contributed by atoms with Crippen LogP contribution in [0.2, 0.25) is 0 Å². The Kier molecular flexibility index (Phi) is 10.5. The van der Waals surface area contributed by atoms with Gasteiger partial charge in [0.2, 0.25) is 0 Å². The van der Waals surface area contributed by atoms with Gasteiger partial charge in [0.25, 0.3) is 0 Å². The molecule has 0 radical (unpaired) electrons. The molecule has 4 rings (SSSR count). The van der Waals surface area contributed by atoms with Crippen molar-refractivity contribution in [2.75, 3.05) is 40.0 Å². The SMILES string of the molecule is C=C(/C=N\C(=C\c1c(CC(C)(C)CO)c2cc(B3OC(C)(C)C(C)(C)O3)c(F)cc2n1CC(F)(F)F)[C@H](C)OC)N1CCOCC1. The van der Waals surface area contributed by atoms with Crippen molar-refractivity contribution in [1.29, 1.82) is 0 Å². The van der Waals surface area contributed by atoms with Gasteiger partial charge >= 0.3 is 13.3 Å². The fraction of sp³-hybridized carbons (Fsp3) is 0.606. The zero-order valence-corrected chi connectivity index (χ0v) is 28.1. The standard InChI is InChI=1S/C33H46BF4N3O5/c1-21(40-10-12-44-13-11-40)18-39-27(22(2)43-9)16-29-24(17-30(3,4)20-42)23-14-25(34-45-31(5,6)32(7,8)46-34)26(35)15-28(23)41(29)19-33(36,37)38/h14-16,18,22,42H,1,10-13,17,19-20H2,2-9H3/b27-16+,39-18-/t22-/m0/s1. The van der Waals surface area contributed by atoms with E-state index in [1.54, 1.807) is 19.2 Å². The number of nitrogens with zero attached hydrogens (tertiary/aromatic N) is 3. The molecule has 2 fully saturated rings. The molecular formula is C33H46BF4N3O5. The van der Waals surface area contributed by atoms with E-state index in [0.29, 0.717) is 48.6 Å². The van der Waals surface area contributed by atoms with Gasteiger partial charge in [-0.25, -0.2) is 4.39 Å². The van der Waals surface area contributed by atoms with Crippen LogP contribution >= 0.6 is 0 Å². The van der Waals surface area contributed by atoms with Gasteiger partial charge in [-0.05, 0) is 70.2 Å². The average Bonchev–Trinajstić information content (AvgIpc) is 3.35. The molecule has 254 valence electrons. The molecular weight excluding hydrogens is 605 g/mol. The lowest BCUT2D eigenvalue weighted by Gasteiger charge is -2.32. The van der Waals surface area contributed by atoms with Crippen LogP contribution in [0.5, 0.6) is 0 Å². The summed E-state index contributed by atoms with van der Waals surface area (Å²) in [6, 6.07) is 2.62. The number of aromatic nitrogens is 1. The molecule has 8 nitrogen and oxygen atoms in total. The van der Waals surface area contributed by atoms with Crippen molar-refractivity contribution >= 4 is 35.8 Å². The second kappa shape index (κ2) is 13.4. The number of ether oxygens (including phenoxy) is 2. The molecule has 2 aliphatic rings. The van der Waals surface area contributed by atoms with Crippen molar-refractivity contribution < 1.29 is 41.5 Å². The number of hydrogen-bond donors (Lipinski definition) is 1. The molecule has 2 aromatic rings. The maximum absolute atomic E-state index is 15.9. The van der Waals surface area contributed by atoms with Gasteiger partial charge in [0.15, 0.2) is 0 Å². The first-order chi connectivity index (χ1) is 21.3. The maximum atomic E-state index is 15.9. The Bertz CT molecular complexity index is 1480. The summed E-state index contributed by atoms with van der Waals surface area (Å²) in [7, 11) is 0.413. The Morgan fingerprint density at radius 1 is 1.15 bits per heavy atom. The summed E-state index contributed by atoms with van der Waals surface area (Å²) in [6.45, 7) is 17.6. The molecule has 0 saturated carbocycles. The van der Waals surface area contributed by atoms with Crippen LogP contribution in [0.1, 0.15) is 59.7 Å². The van der Waals surface area contributed by atoms with Crippen LogP contribution in [0.15, 0.2) is 35.1 Å². The quantitative estimate of drug-likeness (QED) is 0.197. The number of benzene rings is 1. The predicted octanol–water partition coefficient (Wildman–Crippen LogP) is 5.50. The molecule has 1 atom stereocenters. The summed E-state index contributed by atoms with van der Waals surface area (Å²) in [5.41, 5.74) is -0.445. The highest BCUT2D eigenvalue weighted by Gasteiger charge is 2.52. The Balaban J connectivity index is 1.96. The third kappa shape index (κ3) is 7.87. The molecule has 2 aliphatic heterocycles. The van der Waals surface area contributed by atoms with Crippen molar-refractivity contribution in [3.05, 3.63) is 47.2 Å². The number of morpholine rings is 1. The normalized spacial score (nSPS) is 19.9. The Morgan fingerprint density at radius 2 is 1.76 bits per heavy atom. The molecule has 3 heterocycles. The molecule has 1 N–H and O–H groups in total. The van der Waals surface area contributed by atoms with Crippen LogP contribution in [-0.2, 0) is 31.7 Å². The molecule has 0 unspecified atom stereocenters. The minimum Gasteiger partial charge on any atom is -0.399 e. The first-order valence-electron chi connectivity index (χ1n) is 15.5. The van der Waals surface area contributed by atoms with Gasteiger partial charge in [-0.15, -0.1) is 0 Å². The number of methoxy groups -OCH3 is 1. The topological polar surface area (TPSA) is 77.7 Å². The van der Waals surface area contributed by atoms with E-state index >= 15 is 4.39 Å². The van der Waals surface area contributed by atoms with Gasteiger partial charge in [-0.3, -0.25) is 4.99 Å². The zero-order valence-electron chi connectivity index (χ0n) is 28.1. The third-order valence-corrected chi connectivity index (χ3v) is 9.09. The van der Waals surface area contributed by atoms with Crippen molar-refractivity contribution in [3.63, 3.8) is 0 Å². The lowest BCUT2D eigenvalue weighted by molar-refractivity contribution is -0.140. The number of aliphatic hydroxyl groups is 1. The number of halogens is 4. The minimum absolute atomic E-state index is 0.0520. The van der Waals surface area contributed by atoms with Crippen LogP contribution < -0.4 is 5.46 Å². The van der Waals surface area contributed by atoms with E-state index in [-0.39, 0.29) is 29.7 Å². The second-order valence-electron chi connectivity index (χ2n) is 13.8. The predicted molar refractivity (Wildman–Crippen MR) is 173 cm³/mol. The van der Waals surface area contributed by atoms with Gasteiger partial charge in [0.05, 0.1) is 41.7 Å². The van der Waals surface area contributed by atoms with Crippen LogP contribution in [0.4, 0.5) is 17.6 Å². The summed E-state index contributed by atoms with van der Waals surface area (Å²) in [4.78, 5) is 6.64. The van der Waals surface area contributed by atoms with Gasteiger partial charge < -0.3 is 33.4 Å². The number of fused-ring (bicyclic) bond motifs is 1. The molecule has 13 heteroatoms. The summed E-state index contributed by atoms with van der Waals surface area (Å²) < 4.78 is 82.7. The fourth-order valence-corrected chi connectivity index (χ4v) is 5.46. The maximum Gasteiger partial charge on any atom is 0.497 e. The molecule has 0 spiro atoms. The molecule has 0 bridgehead atoms. The lowest BCUT2D eigenvalue weighted by atomic mass is 9.77. The van der Waals surface area contributed by atoms with Crippen LogP contribution in [0, 0.1) is 11.2 Å². The van der Waals surface area contributed by atoms with Crippen molar-refractivity contribution in [2.45, 2.75) is 84.9 Å². The van der Waals surface area contributed by atoms with Gasteiger partial charge in [0, 0.05) is 55.3 Å². The van der Waals surface area contributed by atoms with Gasteiger partial charge in [-0.1, -0.05) is 20.4 Å². The molecule has 2 saturated heterocycles. The molecule has 1 aromatic carbocycles. The van der Waals surface area contributed by atoms with Gasteiger partial charge in [0.1, 0.15) is 12.4 Å². The van der Waals surface area contributed by atoms with Gasteiger partial charge in [-0.2, -0.15) is 13.2 Å². The highest BCUT2D eigenvalue weighted by molar-refractivity contribution is 6.62. The van der Waals surface area contributed by atoms with E-state index in [2.05, 4.69) is 11.6 Å². The van der Waals surface area contributed by atoms with E-state index in [1.807, 2.05) is 46.4 Å². The summed E-state index contributed by atoms with van der Waals surface area (Å²) >= 11 is 0. The van der Waals surface area contributed by atoms with Crippen molar-refractivity contribution in [1.82, 2.24) is 9.47 Å². The smallest absolute Gasteiger partial charge is 0.399 e. The van der Waals surface area contributed by atoms with Crippen LogP contribution in [0.3, 0.4) is 0 Å². The number of alkyl halides is 3. The second-order valence-corrected chi connectivity index (χ2v) is 13.8. The van der Waals surface area contributed by atoms with E-state index in [1.165, 1.54) is 13.2 Å². The molecule has 0 aliphatic carbocycles. The zero-order chi connectivity index (χ0) is 34.2. The summed E-state index contributed by atoms with van der Waals surface area (Å²) in [5, 5.41) is 10.6. The monoisotopic (exact) mass is 651 g/mol. The van der Waals surface area contributed by atoms with E-state index in [4.69, 9.17) is 18.8 Å². The summed E-state index contributed by atoms with van der Waals surface area (Å²) in [6.07, 6.45) is -1.93. The first kappa shape index (κ1) is 36.1. The summed E-state index contributed by atoms with van der Waals surface area (Å²) in [5.74, 6) is -0.749. The Hall–Kier alpha value is -2.71. The van der Waals surface area contributed by atoms with E-state index in [0.717, 1.165) is 10.6 Å². The number of aliphatic imine (C=N–C) groups is 1. The molecule has 0 amide bonds. The number of hydrogen-bond acceptors (Lipinski definition) is 7. The fourth-order valence-electron chi connectivity index (χ4n) is 5.46. The third-order valence-electron chi connectivity index (χ3n) is 9.09. The highest BCUT2D eigenvalue weighted by Crippen LogP contribution is 2.39. The Morgan fingerprint density at radius 3 is 2.30 bits per heavy atom. The number of rotatable bonds is 11. The lowest BCUT2D eigenvalue weighted by Crippen LogP contribution is -2.41.